The quantitative estimate of drug-likeness (QED) is 0.338. The molecule has 0 aromatic heterocycles. The lowest BCUT2D eigenvalue weighted by atomic mass is 10.3. The Kier molecular flexibility index (Phi) is 8.68. The molecule has 0 bridgehead atoms. The second-order valence-electron chi connectivity index (χ2n) is 3.27. The monoisotopic (exact) mass is 349 g/mol. The summed E-state index contributed by atoms with van der Waals surface area (Å²) in [4.78, 5) is 34.4. The Bertz CT molecular complexity index is 339. The maximum atomic E-state index is 11.5. The third-order valence-corrected chi connectivity index (χ3v) is 2.00. The standard InChI is InChI=1S/C10H14Cl3NO6/c1-3-18-7(15)6(8(16)19-4-2)14-9(17)20-5-10(11,12)13/h6H,3-5H2,1-2H3,(H,14,17). The van der Waals surface area contributed by atoms with E-state index in [0.29, 0.717) is 0 Å². The van der Waals surface area contributed by atoms with Crippen LogP contribution in [-0.4, -0.2) is 47.7 Å². The summed E-state index contributed by atoms with van der Waals surface area (Å²) in [6.45, 7) is 2.59. The van der Waals surface area contributed by atoms with Gasteiger partial charge in [-0.3, -0.25) is 5.32 Å². The van der Waals surface area contributed by atoms with Gasteiger partial charge in [-0.05, 0) is 13.8 Å². The maximum Gasteiger partial charge on any atom is 0.408 e. The minimum Gasteiger partial charge on any atom is -0.464 e. The molecular formula is C10H14Cl3NO6. The van der Waals surface area contributed by atoms with E-state index < -0.39 is 34.5 Å². The van der Waals surface area contributed by atoms with Gasteiger partial charge in [-0.25, -0.2) is 14.4 Å². The predicted molar refractivity (Wildman–Crippen MR) is 71.8 cm³/mol. The number of rotatable bonds is 6. The summed E-state index contributed by atoms with van der Waals surface area (Å²) in [6.07, 6.45) is -1.12. The van der Waals surface area contributed by atoms with Crippen LogP contribution < -0.4 is 5.32 Å². The van der Waals surface area contributed by atoms with Crippen LogP contribution in [0, 0.1) is 0 Å². The van der Waals surface area contributed by atoms with Crippen LogP contribution in [0.15, 0.2) is 0 Å². The predicted octanol–water partition coefficient (Wildman–Crippen LogP) is 1.58. The number of hydrogen-bond acceptors (Lipinski definition) is 6. The fraction of sp³-hybridized carbons (Fsp3) is 0.700. The van der Waals surface area contributed by atoms with Crippen molar-refractivity contribution >= 4 is 52.8 Å². The van der Waals surface area contributed by atoms with E-state index in [4.69, 9.17) is 34.8 Å². The van der Waals surface area contributed by atoms with Gasteiger partial charge in [0.1, 0.15) is 6.61 Å². The second-order valence-corrected chi connectivity index (χ2v) is 5.79. The summed E-state index contributed by atoms with van der Waals surface area (Å²) < 4.78 is 12.0. The van der Waals surface area contributed by atoms with Gasteiger partial charge >= 0.3 is 18.0 Å². The molecule has 7 nitrogen and oxygen atoms in total. The van der Waals surface area contributed by atoms with Crippen molar-refractivity contribution in [3.8, 4) is 0 Å². The number of alkyl halides is 3. The lowest BCUT2D eigenvalue weighted by molar-refractivity contribution is -0.157. The van der Waals surface area contributed by atoms with Gasteiger partial charge in [-0.1, -0.05) is 34.8 Å². The summed E-state index contributed by atoms with van der Waals surface area (Å²) in [6, 6.07) is -1.64. The maximum absolute atomic E-state index is 11.5. The summed E-state index contributed by atoms with van der Waals surface area (Å²) in [5.74, 6) is -1.95. The molecule has 1 N–H and O–H groups in total. The molecule has 0 fully saturated rings. The van der Waals surface area contributed by atoms with E-state index >= 15 is 0 Å². The number of nitrogens with one attached hydrogen (secondary N) is 1. The van der Waals surface area contributed by atoms with Gasteiger partial charge in [0, 0.05) is 0 Å². The van der Waals surface area contributed by atoms with E-state index in [1.807, 2.05) is 5.32 Å². The Labute approximate surface area is 130 Å². The zero-order valence-corrected chi connectivity index (χ0v) is 13.0. The van der Waals surface area contributed by atoms with Crippen molar-refractivity contribution in [2.24, 2.45) is 0 Å². The lowest BCUT2D eigenvalue weighted by Gasteiger charge is -2.17. The van der Waals surface area contributed by atoms with E-state index in [9.17, 15) is 14.4 Å². The molecule has 10 heteroatoms. The first-order valence-corrected chi connectivity index (χ1v) is 6.68. The molecule has 0 aliphatic heterocycles. The third-order valence-electron chi connectivity index (χ3n) is 1.67. The van der Waals surface area contributed by atoms with Crippen molar-refractivity contribution in [3.63, 3.8) is 0 Å². The van der Waals surface area contributed by atoms with Gasteiger partial charge in [0.15, 0.2) is 0 Å². The molecular weight excluding hydrogens is 336 g/mol. The van der Waals surface area contributed by atoms with Gasteiger partial charge in [0.2, 0.25) is 9.83 Å². The van der Waals surface area contributed by atoms with E-state index in [0.717, 1.165) is 0 Å². The summed E-state index contributed by atoms with van der Waals surface area (Å²) >= 11 is 16.1. The van der Waals surface area contributed by atoms with Crippen LogP contribution in [0.4, 0.5) is 4.79 Å². The lowest BCUT2D eigenvalue weighted by Crippen LogP contribution is -2.48. The molecule has 0 spiro atoms. The highest BCUT2D eigenvalue weighted by molar-refractivity contribution is 6.67. The number of ether oxygens (including phenoxy) is 3. The van der Waals surface area contributed by atoms with Crippen molar-refractivity contribution in [1.29, 1.82) is 0 Å². The molecule has 0 atom stereocenters. The molecule has 20 heavy (non-hydrogen) atoms. The summed E-state index contributed by atoms with van der Waals surface area (Å²) in [7, 11) is 0. The molecule has 116 valence electrons. The summed E-state index contributed by atoms with van der Waals surface area (Å²) in [5.41, 5.74) is 0. The Morgan fingerprint density at radius 1 is 1.00 bits per heavy atom. The van der Waals surface area contributed by atoms with Crippen molar-refractivity contribution in [1.82, 2.24) is 5.32 Å². The average molecular weight is 351 g/mol. The highest BCUT2D eigenvalue weighted by Gasteiger charge is 2.32. The van der Waals surface area contributed by atoms with Crippen LogP contribution in [-0.2, 0) is 23.8 Å². The Morgan fingerprint density at radius 2 is 1.45 bits per heavy atom. The van der Waals surface area contributed by atoms with Crippen LogP contribution in [0.1, 0.15) is 13.8 Å². The van der Waals surface area contributed by atoms with Crippen LogP contribution in [0.2, 0.25) is 0 Å². The average Bonchev–Trinajstić information content (AvgIpc) is 2.33. The van der Waals surface area contributed by atoms with Crippen LogP contribution in [0.5, 0.6) is 0 Å². The molecule has 0 aliphatic rings. The van der Waals surface area contributed by atoms with Crippen molar-refractivity contribution < 1.29 is 28.6 Å². The number of carbonyl (C=O) groups is 3. The highest BCUT2D eigenvalue weighted by Crippen LogP contribution is 2.25. The fourth-order valence-electron chi connectivity index (χ4n) is 0.972. The minimum absolute atomic E-state index is 0.0274. The zero-order valence-electron chi connectivity index (χ0n) is 10.8. The second kappa shape index (κ2) is 9.10. The Hall–Kier alpha value is -0.920. The number of alkyl carbamates (subject to hydrolysis) is 1. The van der Waals surface area contributed by atoms with Crippen molar-refractivity contribution in [2.45, 2.75) is 23.7 Å². The van der Waals surface area contributed by atoms with Crippen molar-refractivity contribution in [2.75, 3.05) is 19.8 Å². The molecule has 0 unspecified atom stereocenters. The van der Waals surface area contributed by atoms with Gasteiger partial charge in [0.25, 0.3) is 0 Å². The Balaban J connectivity index is 4.59. The molecule has 0 radical (unpaired) electrons. The van der Waals surface area contributed by atoms with Crippen LogP contribution >= 0.6 is 34.8 Å². The topological polar surface area (TPSA) is 90.9 Å². The number of amides is 1. The Morgan fingerprint density at radius 3 is 1.80 bits per heavy atom. The van der Waals surface area contributed by atoms with E-state index in [-0.39, 0.29) is 13.2 Å². The molecule has 0 aromatic rings. The first-order chi connectivity index (χ1) is 9.21. The fourth-order valence-corrected chi connectivity index (χ4v) is 1.14. The van der Waals surface area contributed by atoms with E-state index in [2.05, 4.69) is 14.2 Å². The van der Waals surface area contributed by atoms with E-state index in [1.54, 1.807) is 13.8 Å². The number of halogens is 3. The molecule has 0 aromatic carbocycles. The molecule has 0 heterocycles. The van der Waals surface area contributed by atoms with Crippen molar-refractivity contribution in [3.05, 3.63) is 0 Å². The number of hydrogen-bond donors (Lipinski definition) is 1. The molecule has 0 saturated heterocycles. The van der Waals surface area contributed by atoms with Gasteiger partial charge < -0.3 is 14.2 Å². The zero-order chi connectivity index (χ0) is 15.8. The molecule has 0 saturated carbocycles. The van der Waals surface area contributed by atoms with Gasteiger partial charge in [-0.2, -0.15) is 0 Å². The first-order valence-electron chi connectivity index (χ1n) is 5.54. The summed E-state index contributed by atoms with van der Waals surface area (Å²) in [5, 5.41) is 1.97. The van der Waals surface area contributed by atoms with Crippen LogP contribution in [0.3, 0.4) is 0 Å². The van der Waals surface area contributed by atoms with Gasteiger partial charge in [-0.15, -0.1) is 0 Å². The number of carbonyl (C=O) groups excluding carboxylic acids is 3. The molecule has 0 aliphatic carbocycles. The first kappa shape index (κ1) is 19.1. The van der Waals surface area contributed by atoms with E-state index in [1.165, 1.54) is 0 Å². The highest BCUT2D eigenvalue weighted by atomic mass is 35.6. The normalized spacial score (nSPS) is 10.9. The smallest absolute Gasteiger partial charge is 0.408 e. The van der Waals surface area contributed by atoms with Crippen LogP contribution in [0.25, 0.3) is 0 Å². The number of esters is 2. The molecule has 0 rings (SSSR count). The largest absolute Gasteiger partial charge is 0.464 e. The van der Waals surface area contributed by atoms with Gasteiger partial charge in [0.05, 0.1) is 13.2 Å². The third kappa shape index (κ3) is 8.29. The SMILES string of the molecule is CCOC(=O)C(NC(=O)OCC(Cl)(Cl)Cl)C(=O)OCC. The minimum atomic E-state index is -1.80. The molecule has 1 amide bonds.